The highest BCUT2D eigenvalue weighted by molar-refractivity contribution is 7.89. The van der Waals surface area contributed by atoms with Crippen LogP contribution < -0.4 is 10.6 Å². The zero-order valence-corrected chi connectivity index (χ0v) is 12.2. The summed E-state index contributed by atoms with van der Waals surface area (Å²) in [6.45, 7) is 1.59. The molecule has 0 unspecified atom stereocenters. The van der Waals surface area contributed by atoms with E-state index in [1.807, 2.05) is 7.05 Å². The third-order valence-electron chi connectivity index (χ3n) is 3.21. The van der Waals surface area contributed by atoms with E-state index in [0.29, 0.717) is 19.6 Å². The molecule has 1 amide bonds. The second-order valence-electron chi connectivity index (χ2n) is 4.68. The minimum absolute atomic E-state index is 0.105. The highest BCUT2D eigenvalue weighted by atomic mass is 32.2. The number of nitrogens with zero attached hydrogens (tertiary/aromatic N) is 1. The maximum Gasteiger partial charge on any atom is 0.243 e. The van der Waals surface area contributed by atoms with Crippen LogP contribution in [-0.2, 0) is 21.4 Å². The van der Waals surface area contributed by atoms with E-state index in [4.69, 9.17) is 0 Å². The first-order valence-corrected chi connectivity index (χ1v) is 7.98. The van der Waals surface area contributed by atoms with Crippen molar-refractivity contribution in [1.82, 2.24) is 14.9 Å². The maximum atomic E-state index is 12.5. The van der Waals surface area contributed by atoms with Crippen LogP contribution in [0.1, 0.15) is 12.0 Å². The molecule has 0 atom stereocenters. The van der Waals surface area contributed by atoms with Crippen molar-refractivity contribution in [2.24, 2.45) is 0 Å². The van der Waals surface area contributed by atoms with Crippen LogP contribution in [0.15, 0.2) is 29.2 Å². The van der Waals surface area contributed by atoms with Crippen LogP contribution in [0.2, 0.25) is 0 Å². The van der Waals surface area contributed by atoms with Gasteiger partial charge in [-0.05, 0) is 24.7 Å². The van der Waals surface area contributed by atoms with Crippen molar-refractivity contribution < 1.29 is 13.2 Å². The normalized spacial score (nSPS) is 17.6. The Morgan fingerprint density at radius 3 is 2.60 bits per heavy atom. The monoisotopic (exact) mass is 297 g/mol. The van der Waals surface area contributed by atoms with Gasteiger partial charge in [-0.25, -0.2) is 8.42 Å². The maximum absolute atomic E-state index is 12.5. The van der Waals surface area contributed by atoms with Gasteiger partial charge >= 0.3 is 0 Å². The molecule has 110 valence electrons. The van der Waals surface area contributed by atoms with Crippen LogP contribution in [0.3, 0.4) is 0 Å². The summed E-state index contributed by atoms with van der Waals surface area (Å²) in [6, 6.07) is 6.82. The number of hydrogen-bond acceptors (Lipinski definition) is 4. The van der Waals surface area contributed by atoms with Gasteiger partial charge in [-0.15, -0.1) is 0 Å². The Morgan fingerprint density at radius 1 is 1.25 bits per heavy atom. The third kappa shape index (κ3) is 3.36. The lowest BCUT2D eigenvalue weighted by Crippen LogP contribution is -2.34. The van der Waals surface area contributed by atoms with Crippen LogP contribution in [0.5, 0.6) is 0 Å². The first-order valence-electron chi connectivity index (χ1n) is 6.54. The molecule has 1 saturated heterocycles. The van der Waals surface area contributed by atoms with Gasteiger partial charge in [0.1, 0.15) is 0 Å². The molecule has 0 bridgehead atoms. The van der Waals surface area contributed by atoms with Crippen molar-refractivity contribution >= 4 is 15.9 Å². The number of amides is 1. The number of rotatable bonds is 4. The van der Waals surface area contributed by atoms with Crippen molar-refractivity contribution in [2.45, 2.75) is 17.9 Å². The average Bonchev–Trinajstić information content (AvgIpc) is 2.65. The molecule has 0 saturated carbocycles. The van der Waals surface area contributed by atoms with E-state index in [2.05, 4.69) is 10.6 Å². The molecule has 2 N–H and O–H groups in total. The number of carbonyl (C=O) groups is 1. The lowest BCUT2D eigenvalue weighted by Gasteiger charge is -2.19. The topological polar surface area (TPSA) is 78.5 Å². The smallest absolute Gasteiger partial charge is 0.243 e. The van der Waals surface area contributed by atoms with Crippen LogP contribution in [0.25, 0.3) is 0 Å². The molecule has 1 aromatic rings. The van der Waals surface area contributed by atoms with Crippen LogP contribution in [0.4, 0.5) is 0 Å². The third-order valence-corrected chi connectivity index (χ3v) is 5.13. The van der Waals surface area contributed by atoms with E-state index in [-0.39, 0.29) is 23.8 Å². The van der Waals surface area contributed by atoms with Crippen molar-refractivity contribution in [1.29, 1.82) is 0 Å². The second-order valence-corrected chi connectivity index (χ2v) is 6.62. The second kappa shape index (κ2) is 6.34. The van der Waals surface area contributed by atoms with E-state index in [1.165, 1.54) is 4.31 Å². The minimum Gasteiger partial charge on any atom is -0.355 e. The molecule has 0 spiro atoms. The molecule has 7 heteroatoms. The summed E-state index contributed by atoms with van der Waals surface area (Å²) in [5, 5.41) is 5.68. The predicted octanol–water partition coefficient (Wildman–Crippen LogP) is -0.0834. The van der Waals surface area contributed by atoms with E-state index in [0.717, 1.165) is 5.56 Å². The Bertz CT molecular complexity index is 569. The molecular weight excluding hydrogens is 278 g/mol. The van der Waals surface area contributed by atoms with Crippen molar-refractivity contribution in [3.63, 3.8) is 0 Å². The fraction of sp³-hybridized carbons (Fsp3) is 0.462. The molecule has 0 aromatic heterocycles. The van der Waals surface area contributed by atoms with Gasteiger partial charge in [0.25, 0.3) is 0 Å². The SMILES string of the molecule is CNCc1ccc(S(=O)(=O)N2CCNC(=O)CC2)cc1. The summed E-state index contributed by atoms with van der Waals surface area (Å²) in [4.78, 5) is 11.5. The molecule has 1 heterocycles. The van der Waals surface area contributed by atoms with E-state index < -0.39 is 10.0 Å². The lowest BCUT2D eigenvalue weighted by atomic mass is 10.2. The number of carbonyl (C=O) groups excluding carboxylic acids is 1. The number of hydrogen-bond donors (Lipinski definition) is 2. The van der Waals surface area contributed by atoms with Gasteiger partial charge in [0.15, 0.2) is 0 Å². The Hall–Kier alpha value is -1.44. The van der Waals surface area contributed by atoms with Gasteiger partial charge < -0.3 is 10.6 Å². The molecule has 1 aliphatic heterocycles. The zero-order valence-electron chi connectivity index (χ0n) is 11.4. The molecule has 1 aromatic carbocycles. The highest BCUT2D eigenvalue weighted by Gasteiger charge is 2.26. The van der Waals surface area contributed by atoms with Crippen LogP contribution in [-0.4, -0.2) is 45.3 Å². The quantitative estimate of drug-likeness (QED) is 0.814. The predicted molar refractivity (Wildman–Crippen MR) is 75.6 cm³/mol. The molecule has 0 radical (unpaired) electrons. The van der Waals surface area contributed by atoms with Gasteiger partial charge in [0, 0.05) is 32.6 Å². The van der Waals surface area contributed by atoms with Gasteiger partial charge in [-0.1, -0.05) is 12.1 Å². The molecular formula is C13H19N3O3S. The fourth-order valence-electron chi connectivity index (χ4n) is 2.12. The van der Waals surface area contributed by atoms with Gasteiger partial charge in [-0.2, -0.15) is 4.31 Å². The van der Waals surface area contributed by atoms with Crippen molar-refractivity contribution in [2.75, 3.05) is 26.7 Å². The number of benzene rings is 1. The zero-order chi connectivity index (χ0) is 14.6. The van der Waals surface area contributed by atoms with E-state index in [1.54, 1.807) is 24.3 Å². The Kier molecular flexibility index (Phi) is 4.74. The average molecular weight is 297 g/mol. The molecule has 1 aliphatic rings. The fourth-order valence-corrected chi connectivity index (χ4v) is 3.56. The summed E-state index contributed by atoms with van der Waals surface area (Å²) in [7, 11) is -1.68. The van der Waals surface area contributed by atoms with E-state index in [9.17, 15) is 13.2 Å². The Labute approximate surface area is 119 Å². The molecule has 20 heavy (non-hydrogen) atoms. The Morgan fingerprint density at radius 2 is 1.95 bits per heavy atom. The molecule has 1 fully saturated rings. The highest BCUT2D eigenvalue weighted by Crippen LogP contribution is 2.17. The van der Waals surface area contributed by atoms with Crippen LogP contribution >= 0.6 is 0 Å². The van der Waals surface area contributed by atoms with Gasteiger partial charge in [0.05, 0.1) is 4.90 Å². The first kappa shape index (κ1) is 15.0. The number of nitrogens with one attached hydrogen (secondary N) is 2. The van der Waals surface area contributed by atoms with Gasteiger partial charge in [-0.3, -0.25) is 4.79 Å². The molecule has 6 nitrogen and oxygen atoms in total. The number of sulfonamides is 1. The summed E-state index contributed by atoms with van der Waals surface area (Å²) < 4.78 is 26.3. The van der Waals surface area contributed by atoms with Crippen molar-refractivity contribution in [3.8, 4) is 0 Å². The van der Waals surface area contributed by atoms with Gasteiger partial charge in [0.2, 0.25) is 15.9 Å². The minimum atomic E-state index is -3.52. The summed E-state index contributed by atoms with van der Waals surface area (Å²) in [5.74, 6) is -0.105. The Balaban J connectivity index is 2.18. The van der Waals surface area contributed by atoms with E-state index >= 15 is 0 Å². The van der Waals surface area contributed by atoms with Crippen molar-refractivity contribution in [3.05, 3.63) is 29.8 Å². The molecule has 0 aliphatic carbocycles. The summed E-state index contributed by atoms with van der Waals surface area (Å²) in [6.07, 6.45) is 0.205. The standard InChI is InChI=1S/C13H19N3O3S/c1-14-10-11-2-4-12(5-3-11)20(18,19)16-8-6-13(17)15-7-9-16/h2-5,14H,6-10H2,1H3,(H,15,17). The van der Waals surface area contributed by atoms with Crippen LogP contribution in [0, 0.1) is 0 Å². The first-order chi connectivity index (χ1) is 9.54. The molecule has 2 rings (SSSR count). The summed E-state index contributed by atoms with van der Waals surface area (Å²) in [5.41, 5.74) is 1.03. The largest absolute Gasteiger partial charge is 0.355 e. The lowest BCUT2D eigenvalue weighted by molar-refractivity contribution is -0.120. The summed E-state index contributed by atoms with van der Waals surface area (Å²) >= 11 is 0.